The molecular weight excluding hydrogens is 270 g/mol. The topological polar surface area (TPSA) is 45.7 Å². The standard InChI is InChI=1S/C15H31N3OS/c1-4-16-15(17-10-6-7-11-19-5-2)18-13-8-9-14(12-13)20-3/h13-14H,4-12H2,1-3H3,(H2,16,17,18). The SMILES string of the molecule is CCNC(=NCCCCOCC)NC1CCC(SC)C1. The third-order valence-electron chi connectivity index (χ3n) is 3.57. The zero-order valence-corrected chi connectivity index (χ0v) is 14.1. The lowest BCUT2D eigenvalue weighted by Crippen LogP contribution is -2.42. The first-order valence-electron chi connectivity index (χ1n) is 7.95. The van der Waals surface area contributed by atoms with Crippen molar-refractivity contribution in [3.05, 3.63) is 0 Å². The Morgan fingerprint density at radius 1 is 1.30 bits per heavy atom. The Kier molecular flexibility index (Phi) is 9.93. The molecule has 1 saturated carbocycles. The lowest BCUT2D eigenvalue weighted by molar-refractivity contribution is 0.144. The number of rotatable bonds is 9. The third-order valence-corrected chi connectivity index (χ3v) is 4.67. The summed E-state index contributed by atoms with van der Waals surface area (Å²) in [6, 6.07) is 0.591. The summed E-state index contributed by atoms with van der Waals surface area (Å²) in [4.78, 5) is 4.66. The molecule has 1 fully saturated rings. The first-order valence-corrected chi connectivity index (χ1v) is 9.24. The second-order valence-corrected chi connectivity index (χ2v) is 6.31. The molecule has 1 rings (SSSR count). The Bertz CT molecular complexity index is 274. The molecule has 0 amide bonds. The molecule has 4 nitrogen and oxygen atoms in total. The largest absolute Gasteiger partial charge is 0.382 e. The predicted octanol–water partition coefficient (Wildman–Crippen LogP) is 2.64. The molecule has 118 valence electrons. The summed E-state index contributed by atoms with van der Waals surface area (Å²) >= 11 is 1.99. The van der Waals surface area contributed by atoms with E-state index in [1.807, 2.05) is 18.7 Å². The van der Waals surface area contributed by atoms with E-state index in [1.54, 1.807) is 0 Å². The second kappa shape index (κ2) is 11.3. The normalized spacial score (nSPS) is 23.1. The molecule has 2 N–H and O–H groups in total. The van der Waals surface area contributed by atoms with Gasteiger partial charge in [0, 0.05) is 37.6 Å². The average Bonchev–Trinajstić information content (AvgIpc) is 2.90. The highest BCUT2D eigenvalue weighted by Crippen LogP contribution is 2.27. The van der Waals surface area contributed by atoms with Crippen molar-refractivity contribution in [1.82, 2.24) is 10.6 Å². The summed E-state index contributed by atoms with van der Waals surface area (Å²) in [5.41, 5.74) is 0. The van der Waals surface area contributed by atoms with E-state index in [0.717, 1.165) is 50.4 Å². The van der Waals surface area contributed by atoms with E-state index >= 15 is 0 Å². The number of guanidine groups is 1. The van der Waals surface area contributed by atoms with Crippen molar-refractivity contribution in [2.24, 2.45) is 4.99 Å². The molecule has 5 heteroatoms. The molecule has 2 unspecified atom stereocenters. The number of unbranched alkanes of at least 4 members (excludes halogenated alkanes) is 1. The van der Waals surface area contributed by atoms with Crippen molar-refractivity contribution in [1.29, 1.82) is 0 Å². The van der Waals surface area contributed by atoms with Crippen LogP contribution in [0.25, 0.3) is 0 Å². The Hall–Kier alpha value is -0.420. The van der Waals surface area contributed by atoms with E-state index in [4.69, 9.17) is 4.74 Å². The molecule has 0 aromatic rings. The number of hydrogen-bond donors (Lipinski definition) is 2. The van der Waals surface area contributed by atoms with Crippen LogP contribution in [0.15, 0.2) is 4.99 Å². The molecule has 0 spiro atoms. The number of nitrogens with one attached hydrogen (secondary N) is 2. The van der Waals surface area contributed by atoms with Gasteiger partial charge in [0.1, 0.15) is 0 Å². The van der Waals surface area contributed by atoms with Gasteiger partial charge in [-0.25, -0.2) is 0 Å². The molecule has 2 atom stereocenters. The highest BCUT2D eigenvalue weighted by atomic mass is 32.2. The lowest BCUT2D eigenvalue weighted by atomic mass is 10.2. The van der Waals surface area contributed by atoms with Crippen LogP contribution in [0.1, 0.15) is 46.0 Å². The summed E-state index contributed by atoms with van der Waals surface area (Å²) in [6.07, 6.45) is 8.25. The minimum absolute atomic E-state index is 0.591. The van der Waals surface area contributed by atoms with Crippen LogP contribution in [0.2, 0.25) is 0 Å². The molecule has 0 heterocycles. The van der Waals surface area contributed by atoms with Crippen LogP contribution >= 0.6 is 11.8 Å². The summed E-state index contributed by atoms with van der Waals surface area (Å²) in [7, 11) is 0. The molecule has 0 aliphatic heterocycles. The van der Waals surface area contributed by atoms with Crippen molar-refractivity contribution in [2.75, 3.05) is 32.6 Å². The Morgan fingerprint density at radius 2 is 2.15 bits per heavy atom. The quantitative estimate of drug-likeness (QED) is 0.390. The summed E-state index contributed by atoms with van der Waals surface area (Å²) in [5, 5.41) is 7.74. The number of thioether (sulfide) groups is 1. The highest BCUT2D eigenvalue weighted by molar-refractivity contribution is 7.99. The minimum atomic E-state index is 0.591. The number of aliphatic imine (C=N–C) groups is 1. The highest BCUT2D eigenvalue weighted by Gasteiger charge is 2.24. The van der Waals surface area contributed by atoms with Crippen LogP contribution in [-0.2, 0) is 4.74 Å². The van der Waals surface area contributed by atoms with Crippen LogP contribution in [0.4, 0.5) is 0 Å². The van der Waals surface area contributed by atoms with Crippen LogP contribution in [0.3, 0.4) is 0 Å². The van der Waals surface area contributed by atoms with Gasteiger partial charge in [0.05, 0.1) is 0 Å². The average molecular weight is 302 g/mol. The van der Waals surface area contributed by atoms with E-state index in [9.17, 15) is 0 Å². The van der Waals surface area contributed by atoms with Crippen LogP contribution in [0, 0.1) is 0 Å². The van der Waals surface area contributed by atoms with Gasteiger partial charge in [0.25, 0.3) is 0 Å². The van der Waals surface area contributed by atoms with Gasteiger partial charge in [-0.1, -0.05) is 0 Å². The van der Waals surface area contributed by atoms with E-state index in [2.05, 4.69) is 28.8 Å². The molecule has 0 bridgehead atoms. The van der Waals surface area contributed by atoms with Crippen LogP contribution < -0.4 is 10.6 Å². The molecule has 0 aromatic heterocycles. The van der Waals surface area contributed by atoms with Crippen molar-refractivity contribution in [2.45, 2.75) is 57.2 Å². The fraction of sp³-hybridized carbons (Fsp3) is 0.933. The molecule has 0 aromatic carbocycles. The maximum atomic E-state index is 5.34. The van der Waals surface area contributed by atoms with E-state index in [-0.39, 0.29) is 0 Å². The van der Waals surface area contributed by atoms with Crippen molar-refractivity contribution >= 4 is 17.7 Å². The Labute approximate surface area is 128 Å². The molecule has 0 saturated heterocycles. The second-order valence-electron chi connectivity index (χ2n) is 5.18. The van der Waals surface area contributed by atoms with Gasteiger partial charge in [0.2, 0.25) is 0 Å². The van der Waals surface area contributed by atoms with Gasteiger partial charge in [-0.3, -0.25) is 4.99 Å². The van der Waals surface area contributed by atoms with Crippen LogP contribution in [-0.4, -0.2) is 49.8 Å². The molecule has 1 aliphatic rings. The molecule has 20 heavy (non-hydrogen) atoms. The number of nitrogens with zero attached hydrogens (tertiary/aromatic N) is 1. The maximum Gasteiger partial charge on any atom is 0.191 e. The van der Waals surface area contributed by atoms with E-state index < -0.39 is 0 Å². The maximum absolute atomic E-state index is 5.34. The minimum Gasteiger partial charge on any atom is -0.382 e. The smallest absolute Gasteiger partial charge is 0.191 e. The monoisotopic (exact) mass is 301 g/mol. The molecule has 1 aliphatic carbocycles. The van der Waals surface area contributed by atoms with Gasteiger partial charge >= 0.3 is 0 Å². The van der Waals surface area contributed by atoms with Gasteiger partial charge < -0.3 is 15.4 Å². The van der Waals surface area contributed by atoms with Crippen molar-refractivity contribution in [3.63, 3.8) is 0 Å². The molecular formula is C15H31N3OS. The van der Waals surface area contributed by atoms with E-state index in [1.165, 1.54) is 19.3 Å². The summed E-state index contributed by atoms with van der Waals surface area (Å²) in [6.45, 7) is 7.62. The summed E-state index contributed by atoms with van der Waals surface area (Å²) in [5.74, 6) is 0.982. The predicted molar refractivity (Wildman–Crippen MR) is 89.8 cm³/mol. The Balaban J connectivity index is 2.24. The third kappa shape index (κ3) is 7.39. The first kappa shape index (κ1) is 17.6. The van der Waals surface area contributed by atoms with Crippen molar-refractivity contribution < 1.29 is 4.74 Å². The number of ether oxygens (including phenoxy) is 1. The number of hydrogen-bond acceptors (Lipinski definition) is 3. The Morgan fingerprint density at radius 3 is 2.80 bits per heavy atom. The van der Waals surface area contributed by atoms with E-state index in [0.29, 0.717) is 6.04 Å². The lowest BCUT2D eigenvalue weighted by Gasteiger charge is -2.17. The fourth-order valence-corrected chi connectivity index (χ4v) is 3.25. The first-order chi connectivity index (χ1) is 9.80. The summed E-state index contributed by atoms with van der Waals surface area (Å²) < 4.78 is 5.34. The van der Waals surface area contributed by atoms with Crippen LogP contribution in [0.5, 0.6) is 0 Å². The van der Waals surface area contributed by atoms with Gasteiger partial charge in [0.15, 0.2) is 5.96 Å². The molecule has 0 radical (unpaired) electrons. The zero-order chi connectivity index (χ0) is 14.6. The fourth-order valence-electron chi connectivity index (χ4n) is 2.45. The van der Waals surface area contributed by atoms with Crippen molar-refractivity contribution in [3.8, 4) is 0 Å². The van der Waals surface area contributed by atoms with Gasteiger partial charge in [-0.05, 0) is 52.2 Å². The van der Waals surface area contributed by atoms with Gasteiger partial charge in [-0.2, -0.15) is 11.8 Å². The zero-order valence-electron chi connectivity index (χ0n) is 13.3. The van der Waals surface area contributed by atoms with Gasteiger partial charge in [-0.15, -0.1) is 0 Å².